The van der Waals surface area contributed by atoms with Gasteiger partial charge >= 0.3 is 0 Å². The summed E-state index contributed by atoms with van der Waals surface area (Å²) in [5, 5.41) is 16.5. The molecule has 2 aliphatic rings. The van der Waals surface area contributed by atoms with Gasteiger partial charge in [-0.1, -0.05) is 6.07 Å². The average Bonchev–Trinajstić information content (AvgIpc) is 2.91. The number of ether oxygens (including phenoxy) is 2. The molecule has 1 aromatic heterocycles. The molecule has 0 saturated carbocycles. The highest BCUT2D eigenvalue weighted by molar-refractivity contribution is 5.70. The van der Waals surface area contributed by atoms with Crippen LogP contribution in [0.2, 0.25) is 0 Å². The molecule has 2 aromatic carbocycles. The SMILES string of the molecule is N#Cc1cc(-c2ccnc(Nc3ccc(N4CCOCC4)cc3)n2)ccc1NC1CCOCC1. The largest absolute Gasteiger partial charge is 0.381 e. The normalized spacial score (nSPS) is 16.6. The second-order valence-electron chi connectivity index (χ2n) is 8.44. The van der Waals surface area contributed by atoms with Gasteiger partial charge in [0.25, 0.3) is 0 Å². The lowest BCUT2D eigenvalue weighted by Crippen LogP contribution is -2.36. The maximum Gasteiger partial charge on any atom is 0.227 e. The van der Waals surface area contributed by atoms with Crippen LogP contribution in [0.4, 0.5) is 23.0 Å². The van der Waals surface area contributed by atoms with Gasteiger partial charge in [0.2, 0.25) is 5.95 Å². The van der Waals surface area contributed by atoms with E-state index in [1.165, 1.54) is 5.69 Å². The lowest BCUT2D eigenvalue weighted by molar-refractivity contribution is 0.0904. The molecule has 0 amide bonds. The number of hydrogen-bond donors (Lipinski definition) is 2. The van der Waals surface area contributed by atoms with Gasteiger partial charge < -0.3 is 25.0 Å². The average molecular weight is 457 g/mol. The summed E-state index contributed by atoms with van der Waals surface area (Å²) in [5.74, 6) is 0.513. The van der Waals surface area contributed by atoms with Crippen LogP contribution in [0, 0.1) is 11.3 Å². The number of nitrogens with one attached hydrogen (secondary N) is 2. The molecule has 174 valence electrons. The van der Waals surface area contributed by atoms with Gasteiger partial charge in [-0.25, -0.2) is 9.97 Å². The van der Waals surface area contributed by atoms with E-state index in [2.05, 4.69) is 43.7 Å². The van der Waals surface area contributed by atoms with E-state index in [4.69, 9.17) is 9.47 Å². The molecule has 2 saturated heterocycles. The quantitative estimate of drug-likeness (QED) is 0.570. The van der Waals surface area contributed by atoms with Gasteiger partial charge in [-0.2, -0.15) is 5.26 Å². The van der Waals surface area contributed by atoms with Gasteiger partial charge in [0, 0.05) is 55.5 Å². The van der Waals surface area contributed by atoms with Crippen LogP contribution in [-0.2, 0) is 9.47 Å². The fraction of sp³-hybridized carbons (Fsp3) is 0.346. The third kappa shape index (κ3) is 5.28. The van der Waals surface area contributed by atoms with Crippen LogP contribution in [0.15, 0.2) is 54.7 Å². The lowest BCUT2D eigenvalue weighted by Gasteiger charge is -2.28. The van der Waals surface area contributed by atoms with Crippen molar-refractivity contribution in [2.75, 3.05) is 55.1 Å². The Bertz CT molecular complexity index is 1150. The molecule has 3 aromatic rings. The number of nitriles is 1. The Morgan fingerprint density at radius 1 is 0.941 bits per heavy atom. The number of benzene rings is 2. The fourth-order valence-electron chi connectivity index (χ4n) is 4.27. The Hall–Kier alpha value is -3.67. The summed E-state index contributed by atoms with van der Waals surface area (Å²) in [6, 6.07) is 18.6. The smallest absolute Gasteiger partial charge is 0.227 e. The Morgan fingerprint density at radius 2 is 1.71 bits per heavy atom. The minimum Gasteiger partial charge on any atom is -0.381 e. The number of aromatic nitrogens is 2. The zero-order valence-corrected chi connectivity index (χ0v) is 19.0. The number of morpholine rings is 1. The van der Waals surface area contributed by atoms with Crippen molar-refractivity contribution in [3.63, 3.8) is 0 Å². The Balaban J connectivity index is 1.29. The van der Waals surface area contributed by atoms with Crippen molar-refractivity contribution in [3.8, 4) is 17.3 Å². The second-order valence-corrected chi connectivity index (χ2v) is 8.44. The molecule has 8 nitrogen and oxygen atoms in total. The highest BCUT2D eigenvalue weighted by atomic mass is 16.5. The number of hydrogen-bond acceptors (Lipinski definition) is 8. The lowest BCUT2D eigenvalue weighted by atomic mass is 10.0. The number of nitrogens with zero attached hydrogens (tertiary/aromatic N) is 4. The maximum absolute atomic E-state index is 9.72. The van der Waals surface area contributed by atoms with Crippen molar-refractivity contribution in [1.29, 1.82) is 5.26 Å². The fourth-order valence-corrected chi connectivity index (χ4v) is 4.27. The zero-order chi connectivity index (χ0) is 23.2. The van der Waals surface area contributed by atoms with E-state index in [1.54, 1.807) is 6.20 Å². The van der Waals surface area contributed by atoms with Gasteiger partial charge in [-0.3, -0.25) is 0 Å². The third-order valence-corrected chi connectivity index (χ3v) is 6.17. The second kappa shape index (κ2) is 10.5. The summed E-state index contributed by atoms with van der Waals surface area (Å²) in [7, 11) is 0. The van der Waals surface area contributed by atoms with Gasteiger partial charge in [0.15, 0.2) is 0 Å². The van der Waals surface area contributed by atoms with Crippen molar-refractivity contribution >= 4 is 23.0 Å². The molecule has 0 radical (unpaired) electrons. The predicted molar refractivity (Wildman–Crippen MR) is 132 cm³/mol. The molecule has 0 spiro atoms. The molecule has 2 N–H and O–H groups in total. The van der Waals surface area contributed by atoms with Crippen molar-refractivity contribution in [1.82, 2.24) is 9.97 Å². The molecule has 34 heavy (non-hydrogen) atoms. The van der Waals surface area contributed by atoms with E-state index in [9.17, 15) is 5.26 Å². The van der Waals surface area contributed by atoms with E-state index < -0.39 is 0 Å². The van der Waals surface area contributed by atoms with Crippen LogP contribution in [0.25, 0.3) is 11.3 Å². The third-order valence-electron chi connectivity index (χ3n) is 6.17. The van der Waals surface area contributed by atoms with Gasteiger partial charge in [0.05, 0.1) is 30.2 Å². The molecule has 0 atom stereocenters. The summed E-state index contributed by atoms with van der Waals surface area (Å²) < 4.78 is 10.9. The zero-order valence-electron chi connectivity index (χ0n) is 19.0. The van der Waals surface area contributed by atoms with Gasteiger partial charge in [0.1, 0.15) is 6.07 Å². The molecular weight excluding hydrogens is 428 g/mol. The van der Waals surface area contributed by atoms with E-state index in [1.807, 2.05) is 36.4 Å². The van der Waals surface area contributed by atoms with Gasteiger partial charge in [-0.05, 0) is 55.3 Å². The van der Waals surface area contributed by atoms with E-state index >= 15 is 0 Å². The summed E-state index contributed by atoms with van der Waals surface area (Å²) in [6.45, 7) is 4.86. The minimum atomic E-state index is 0.330. The van der Waals surface area contributed by atoms with Crippen LogP contribution in [-0.4, -0.2) is 55.5 Å². The highest BCUT2D eigenvalue weighted by Crippen LogP contribution is 2.27. The minimum absolute atomic E-state index is 0.330. The van der Waals surface area contributed by atoms with Crippen LogP contribution < -0.4 is 15.5 Å². The summed E-state index contributed by atoms with van der Waals surface area (Å²) in [5.41, 5.74) is 5.20. The van der Waals surface area contributed by atoms with Crippen LogP contribution >= 0.6 is 0 Å². The molecule has 8 heteroatoms. The van der Waals surface area contributed by atoms with Crippen LogP contribution in [0.5, 0.6) is 0 Å². The molecule has 2 fully saturated rings. The summed E-state index contributed by atoms with van der Waals surface area (Å²) in [4.78, 5) is 11.4. The first kappa shape index (κ1) is 22.1. The summed E-state index contributed by atoms with van der Waals surface area (Å²) >= 11 is 0. The molecule has 3 heterocycles. The molecular formula is C26H28N6O2. The molecule has 0 bridgehead atoms. The first-order chi connectivity index (χ1) is 16.8. The van der Waals surface area contributed by atoms with Crippen LogP contribution in [0.1, 0.15) is 18.4 Å². The number of rotatable bonds is 6. The Labute approximate surface area is 199 Å². The van der Waals surface area contributed by atoms with Crippen molar-refractivity contribution in [3.05, 3.63) is 60.3 Å². The Kier molecular flexibility index (Phi) is 6.84. The number of anilines is 4. The van der Waals surface area contributed by atoms with Crippen molar-refractivity contribution < 1.29 is 9.47 Å². The van der Waals surface area contributed by atoms with E-state index in [0.29, 0.717) is 17.6 Å². The predicted octanol–water partition coefficient (Wildman–Crippen LogP) is 4.19. The van der Waals surface area contributed by atoms with E-state index in [-0.39, 0.29) is 0 Å². The Morgan fingerprint density at radius 3 is 2.47 bits per heavy atom. The van der Waals surface area contributed by atoms with Gasteiger partial charge in [-0.15, -0.1) is 0 Å². The first-order valence-electron chi connectivity index (χ1n) is 11.7. The molecule has 0 aliphatic carbocycles. The van der Waals surface area contributed by atoms with Crippen molar-refractivity contribution in [2.45, 2.75) is 18.9 Å². The first-order valence-corrected chi connectivity index (χ1v) is 11.7. The van der Waals surface area contributed by atoms with Crippen LogP contribution in [0.3, 0.4) is 0 Å². The summed E-state index contributed by atoms with van der Waals surface area (Å²) in [6.07, 6.45) is 3.62. The topological polar surface area (TPSA) is 95.3 Å². The molecule has 5 rings (SSSR count). The molecule has 0 unspecified atom stereocenters. The van der Waals surface area contributed by atoms with Crippen molar-refractivity contribution in [2.24, 2.45) is 0 Å². The standard InChI is InChI=1S/C26H28N6O2/c27-18-20-17-19(1-6-24(20)29-22-8-13-33-14-9-22)25-7-10-28-26(31-25)30-21-2-4-23(5-3-21)32-11-15-34-16-12-32/h1-7,10,17,22,29H,8-9,11-16H2,(H,28,30,31). The monoisotopic (exact) mass is 456 g/mol. The maximum atomic E-state index is 9.72. The van der Waals surface area contributed by atoms with E-state index in [0.717, 1.165) is 75.0 Å². The highest BCUT2D eigenvalue weighted by Gasteiger charge is 2.16. The molecule has 2 aliphatic heterocycles.